The minimum absolute atomic E-state index is 0.457. The van der Waals surface area contributed by atoms with Crippen molar-refractivity contribution in [2.24, 2.45) is 0 Å². The highest BCUT2D eigenvalue weighted by molar-refractivity contribution is 9.09. The van der Waals surface area contributed by atoms with Gasteiger partial charge in [-0.1, -0.05) is 46.3 Å². The molecule has 0 spiro atoms. The smallest absolute Gasteiger partial charge is 0.411 e. The fraction of sp³-hybridized carbons (Fsp3) is 0.500. The van der Waals surface area contributed by atoms with Crippen LogP contribution in [0.15, 0.2) is 30.3 Å². The highest BCUT2D eigenvalue weighted by atomic mass is 79.9. The van der Waals surface area contributed by atoms with E-state index in [-0.39, 0.29) is 0 Å². The predicted octanol–water partition coefficient (Wildman–Crippen LogP) is 3.95. The zero-order valence-electron chi connectivity index (χ0n) is 12.7. The molecule has 0 aliphatic carbocycles. The highest BCUT2D eigenvalue weighted by Gasteiger charge is 2.28. The van der Waals surface area contributed by atoms with E-state index in [4.69, 9.17) is 4.74 Å². The molecule has 0 saturated carbocycles. The first kappa shape index (κ1) is 17.7. The van der Waals surface area contributed by atoms with Crippen LogP contribution in [-0.4, -0.2) is 34.8 Å². The molecule has 0 saturated heterocycles. The SMILES string of the molecule is CC(C)(C)OC(=O)N(CCCBr)[C@H](C=O)c1ccccc1. The third kappa shape index (κ3) is 5.87. The van der Waals surface area contributed by atoms with Crippen molar-refractivity contribution in [1.82, 2.24) is 4.90 Å². The van der Waals surface area contributed by atoms with Crippen LogP contribution in [0.2, 0.25) is 0 Å². The van der Waals surface area contributed by atoms with Gasteiger partial charge in [-0.3, -0.25) is 4.90 Å². The Morgan fingerprint density at radius 3 is 2.43 bits per heavy atom. The van der Waals surface area contributed by atoms with Gasteiger partial charge in [-0.05, 0) is 32.8 Å². The van der Waals surface area contributed by atoms with Gasteiger partial charge in [0.15, 0.2) is 0 Å². The predicted molar refractivity (Wildman–Crippen MR) is 86.6 cm³/mol. The number of hydrogen-bond donors (Lipinski definition) is 0. The molecule has 0 fully saturated rings. The Bertz CT molecular complexity index is 456. The molecule has 1 aromatic rings. The molecule has 1 aromatic carbocycles. The molecule has 1 amide bonds. The lowest BCUT2D eigenvalue weighted by Gasteiger charge is -2.31. The minimum atomic E-state index is -0.625. The van der Waals surface area contributed by atoms with Crippen LogP contribution in [-0.2, 0) is 9.53 Å². The molecule has 1 rings (SSSR count). The summed E-state index contributed by atoms with van der Waals surface area (Å²) in [4.78, 5) is 25.4. The third-order valence-electron chi connectivity index (χ3n) is 2.77. The first-order valence-electron chi connectivity index (χ1n) is 6.95. The summed E-state index contributed by atoms with van der Waals surface area (Å²) in [6.07, 6.45) is 1.06. The van der Waals surface area contributed by atoms with Crippen LogP contribution in [0.1, 0.15) is 38.8 Å². The molecule has 4 nitrogen and oxygen atoms in total. The second kappa shape index (κ2) is 8.17. The molecule has 0 radical (unpaired) electrons. The number of benzene rings is 1. The van der Waals surface area contributed by atoms with Crippen molar-refractivity contribution < 1.29 is 14.3 Å². The third-order valence-corrected chi connectivity index (χ3v) is 3.33. The molecule has 5 heteroatoms. The Balaban J connectivity index is 2.99. The Hall–Kier alpha value is -1.36. The molecule has 116 valence electrons. The average Bonchev–Trinajstić information content (AvgIpc) is 2.42. The van der Waals surface area contributed by atoms with Gasteiger partial charge < -0.3 is 9.53 Å². The number of rotatable bonds is 6. The Morgan fingerprint density at radius 1 is 1.33 bits per heavy atom. The first-order valence-corrected chi connectivity index (χ1v) is 8.07. The average molecular weight is 356 g/mol. The molecule has 0 heterocycles. The van der Waals surface area contributed by atoms with Crippen LogP contribution >= 0.6 is 15.9 Å². The van der Waals surface area contributed by atoms with Gasteiger partial charge in [0, 0.05) is 11.9 Å². The number of carbonyl (C=O) groups excluding carboxylic acids is 2. The van der Waals surface area contributed by atoms with Crippen LogP contribution in [0.25, 0.3) is 0 Å². The number of alkyl halides is 1. The van der Waals surface area contributed by atoms with E-state index in [0.717, 1.165) is 23.6 Å². The zero-order valence-corrected chi connectivity index (χ0v) is 14.3. The molecule has 1 atom stereocenters. The lowest BCUT2D eigenvalue weighted by Crippen LogP contribution is -2.40. The zero-order chi connectivity index (χ0) is 15.9. The Morgan fingerprint density at radius 2 is 1.95 bits per heavy atom. The van der Waals surface area contributed by atoms with Crippen molar-refractivity contribution in [2.75, 3.05) is 11.9 Å². The van der Waals surface area contributed by atoms with Gasteiger partial charge in [0.25, 0.3) is 0 Å². The lowest BCUT2D eigenvalue weighted by molar-refractivity contribution is -0.112. The van der Waals surface area contributed by atoms with E-state index in [2.05, 4.69) is 15.9 Å². The molecule has 0 unspecified atom stereocenters. The molecular formula is C16H22BrNO3. The van der Waals surface area contributed by atoms with E-state index in [1.54, 1.807) is 0 Å². The summed E-state index contributed by atoms with van der Waals surface area (Å²) in [6.45, 7) is 5.89. The summed E-state index contributed by atoms with van der Waals surface area (Å²) in [5.74, 6) is 0. The maximum Gasteiger partial charge on any atom is 0.411 e. The molecule has 0 N–H and O–H groups in total. The molecule has 0 bridgehead atoms. The molecule has 0 aliphatic rings. The number of nitrogens with zero attached hydrogens (tertiary/aromatic N) is 1. The van der Waals surface area contributed by atoms with Gasteiger partial charge in [0.1, 0.15) is 17.9 Å². The number of carbonyl (C=O) groups is 2. The van der Waals surface area contributed by atoms with Crippen molar-refractivity contribution in [3.05, 3.63) is 35.9 Å². The van der Waals surface area contributed by atoms with Crippen LogP contribution in [0.4, 0.5) is 4.79 Å². The van der Waals surface area contributed by atoms with Crippen LogP contribution in [0.5, 0.6) is 0 Å². The lowest BCUT2D eigenvalue weighted by atomic mass is 10.1. The van der Waals surface area contributed by atoms with E-state index in [1.807, 2.05) is 51.1 Å². The molecule has 0 aromatic heterocycles. The van der Waals surface area contributed by atoms with Gasteiger partial charge in [0.2, 0.25) is 0 Å². The maximum atomic E-state index is 12.4. The fourth-order valence-corrected chi connectivity index (χ4v) is 2.13. The summed E-state index contributed by atoms with van der Waals surface area (Å²) in [7, 11) is 0. The Labute approximate surface area is 134 Å². The quantitative estimate of drug-likeness (QED) is 0.573. The van der Waals surface area contributed by atoms with E-state index in [1.165, 1.54) is 4.90 Å². The highest BCUT2D eigenvalue weighted by Crippen LogP contribution is 2.22. The summed E-state index contributed by atoms with van der Waals surface area (Å²) in [6, 6.07) is 8.63. The van der Waals surface area contributed by atoms with Crippen LogP contribution in [0, 0.1) is 0 Å². The summed E-state index contributed by atoms with van der Waals surface area (Å²) in [5.41, 5.74) is 0.196. The fourth-order valence-electron chi connectivity index (χ4n) is 1.88. The van der Waals surface area contributed by atoms with Gasteiger partial charge in [-0.15, -0.1) is 0 Å². The van der Waals surface area contributed by atoms with E-state index in [9.17, 15) is 9.59 Å². The molecular weight excluding hydrogens is 334 g/mol. The minimum Gasteiger partial charge on any atom is -0.444 e. The van der Waals surface area contributed by atoms with Gasteiger partial charge >= 0.3 is 6.09 Å². The van der Waals surface area contributed by atoms with Crippen molar-refractivity contribution in [2.45, 2.75) is 38.8 Å². The van der Waals surface area contributed by atoms with Gasteiger partial charge in [0.05, 0.1) is 0 Å². The van der Waals surface area contributed by atoms with E-state index >= 15 is 0 Å². The topological polar surface area (TPSA) is 46.6 Å². The van der Waals surface area contributed by atoms with Crippen LogP contribution < -0.4 is 0 Å². The van der Waals surface area contributed by atoms with Crippen molar-refractivity contribution in [1.29, 1.82) is 0 Å². The van der Waals surface area contributed by atoms with Crippen molar-refractivity contribution in [3.63, 3.8) is 0 Å². The number of aldehydes is 1. The van der Waals surface area contributed by atoms with E-state index < -0.39 is 17.7 Å². The normalized spacial score (nSPS) is 12.6. The van der Waals surface area contributed by atoms with Crippen molar-refractivity contribution in [3.8, 4) is 0 Å². The summed E-state index contributed by atoms with van der Waals surface area (Å²) >= 11 is 3.35. The number of ether oxygens (including phenoxy) is 1. The van der Waals surface area contributed by atoms with Crippen LogP contribution in [0.3, 0.4) is 0 Å². The first-order chi connectivity index (χ1) is 9.89. The molecule has 21 heavy (non-hydrogen) atoms. The standard InChI is InChI=1S/C16H22BrNO3/c1-16(2,3)21-15(20)18(11-7-10-17)14(12-19)13-8-5-4-6-9-13/h4-6,8-9,12,14H,7,10-11H2,1-3H3/t14-/m1/s1. The summed E-state index contributed by atoms with van der Waals surface area (Å²) < 4.78 is 5.41. The second-order valence-electron chi connectivity index (χ2n) is 5.71. The number of halogens is 1. The van der Waals surface area contributed by atoms with Gasteiger partial charge in [-0.2, -0.15) is 0 Å². The molecule has 0 aliphatic heterocycles. The summed E-state index contributed by atoms with van der Waals surface area (Å²) in [5, 5.41) is 0.757. The largest absolute Gasteiger partial charge is 0.444 e. The maximum absolute atomic E-state index is 12.4. The monoisotopic (exact) mass is 355 g/mol. The second-order valence-corrected chi connectivity index (χ2v) is 6.50. The Kier molecular flexibility index (Phi) is 6.89. The number of amides is 1. The van der Waals surface area contributed by atoms with E-state index in [0.29, 0.717) is 6.54 Å². The number of hydrogen-bond acceptors (Lipinski definition) is 3. The van der Waals surface area contributed by atoms with Crippen molar-refractivity contribution >= 4 is 28.3 Å². The van der Waals surface area contributed by atoms with Gasteiger partial charge in [-0.25, -0.2) is 4.79 Å².